The molecule has 0 N–H and O–H groups in total. The molecule has 2 aromatic carbocycles. The number of hydrogen-bond donors (Lipinski definition) is 0. The monoisotopic (exact) mass is 338 g/mol. The predicted molar refractivity (Wildman–Crippen MR) is 111 cm³/mol. The topological polar surface area (TPSA) is 0 Å². The van der Waals surface area contributed by atoms with Crippen molar-refractivity contribution < 1.29 is 0 Å². The zero-order valence-corrected chi connectivity index (χ0v) is 15.8. The molecule has 0 amide bonds. The number of benzene rings is 2. The van der Waals surface area contributed by atoms with Crippen molar-refractivity contribution in [3.8, 4) is 0 Å². The molecule has 0 aromatic heterocycles. The standard InChI is InChI=1S/C26H26/c1-26(2)15-14-23-21(17-26)10-13-24-22-11-8-19(18-6-4-3-5-7-18)16-20(22)9-12-25(23)24/h3-8,10-11,13-15,19H,9,12,16-17H2,1-2H3. The zero-order chi connectivity index (χ0) is 17.7. The number of hydrogen-bond acceptors (Lipinski definition) is 0. The number of allylic oxidation sites excluding steroid dienone is 5. The van der Waals surface area contributed by atoms with Crippen LogP contribution in [0.3, 0.4) is 0 Å². The van der Waals surface area contributed by atoms with Gasteiger partial charge in [0, 0.05) is 5.92 Å². The van der Waals surface area contributed by atoms with Crippen LogP contribution in [0.25, 0.3) is 11.6 Å². The van der Waals surface area contributed by atoms with E-state index in [-0.39, 0.29) is 5.41 Å². The minimum atomic E-state index is 0.286. The van der Waals surface area contributed by atoms with E-state index in [9.17, 15) is 0 Å². The second-order valence-corrected chi connectivity index (χ2v) is 8.76. The van der Waals surface area contributed by atoms with Crippen molar-refractivity contribution in [1.29, 1.82) is 0 Å². The summed E-state index contributed by atoms with van der Waals surface area (Å²) in [5, 5.41) is 0. The molecule has 0 fully saturated rings. The summed E-state index contributed by atoms with van der Waals surface area (Å²) < 4.78 is 0. The van der Waals surface area contributed by atoms with Crippen LogP contribution >= 0.6 is 0 Å². The molecule has 0 saturated heterocycles. The average molecular weight is 338 g/mol. The molecule has 130 valence electrons. The highest BCUT2D eigenvalue weighted by Crippen LogP contribution is 2.44. The highest BCUT2D eigenvalue weighted by atomic mass is 14.3. The Labute approximate surface area is 157 Å². The van der Waals surface area contributed by atoms with Crippen molar-refractivity contribution in [3.05, 3.63) is 94.1 Å². The van der Waals surface area contributed by atoms with Crippen molar-refractivity contribution in [2.75, 3.05) is 0 Å². The second-order valence-electron chi connectivity index (χ2n) is 8.76. The van der Waals surface area contributed by atoms with E-state index in [1.807, 2.05) is 0 Å². The van der Waals surface area contributed by atoms with Crippen LogP contribution < -0.4 is 0 Å². The van der Waals surface area contributed by atoms with Gasteiger partial charge in [0.1, 0.15) is 0 Å². The van der Waals surface area contributed by atoms with E-state index < -0.39 is 0 Å². The Balaban J connectivity index is 1.52. The maximum absolute atomic E-state index is 2.42. The summed E-state index contributed by atoms with van der Waals surface area (Å²) in [5.74, 6) is 0.537. The van der Waals surface area contributed by atoms with Gasteiger partial charge in [0.05, 0.1) is 0 Å². The van der Waals surface area contributed by atoms with Gasteiger partial charge in [-0.15, -0.1) is 0 Å². The average Bonchev–Trinajstić information content (AvgIpc) is 2.66. The fourth-order valence-corrected chi connectivity index (χ4v) is 4.95. The first-order chi connectivity index (χ1) is 12.6. The van der Waals surface area contributed by atoms with Crippen molar-refractivity contribution >= 4 is 11.6 Å². The van der Waals surface area contributed by atoms with Crippen molar-refractivity contribution in [2.24, 2.45) is 5.41 Å². The Morgan fingerprint density at radius 2 is 1.77 bits per heavy atom. The fourth-order valence-electron chi connectivity index (χ4n) is 4.95. The minimum Gasteiger partial charge on any atom is -0.0779 e. The summed E-state index contributed by atoms with van der Waals surface area (Å²) in [5.41, 5.74) is 11.0. The molecule has 1 atom stereocenters. The molecular formula is C26H26. The Morgan fingerprint density at radius 1 is 0.923 bits per heavy atom. The highest BCUT2D eigenvalue weighted by Gasteiger charge is 2.28. The van der Waals surface area contributed by atoms with Gasteiger partial charge in [-0.2, -0.15) is 0 Å². The molecule has 0 nitrogen and oxygen atoms in total. The third-order valence-corrected chi connectivity index (χ3v) is 6.33. The molecule has 5 rings (SSSR count). The van der Waals surface area contributed by atoms with E-state index in [4.69, 9.17) is 0 Å². The molecule has 0 bridgehead atoms. The quantitative estimate of drug-likeness (QED) is 0.541. The van der Waals surface area contributed by atoms with Crippen LogP contribution in [0, 0.1) is 5.41 Å². The van der Waals surface area contributed by atoms with Crippen LogP contribution in [0.15, 0.2) is 66.3 Å². The van der Waals surface area contributed by atoms with Crippen LogP contribution in [0.5, 0.6) is 0 Å². The molecule has 0 radical (unpaired) electrons. The molecule has 0 heteroatoms. The Kier molecular flexibility index (Phi) is 3.57. The third-order valence-electron chi connectivity index (χ3n) is 6.33. The third kappa shape index (κ3) is 2.60. The van der Waals surface area contributed by atoms with E-state index in [1.165, 1.54) is 47.1 Å². The fraction of sp³-hybridized carbons (Fsp3) is 0.308. The summed E-state index contributed by atoms with van der Waals surface area (Å²) >= 11 is 0. The van der Waals surface area contributed by atoms with E-state index in [2.05, 4.69) is 80.6 Å². The Hall–Kier alpha value is -2.34. The molecular weight excluding hydrogens is 312 g/mol. The highest BCUT2D eigenvalue weighted by molar-refractivity contribution is 5.84. The zero-order valence-electron chi connectivity index (χ0n) is 15.8. The molecule has 0 spiro atoms. The number of fused-ring (bicyclic) bond motifs is 4. The Morgan fingerprint density at radius 3 is 2.62 bits per heavy atom. The van der Waals surface area contributed by atoms with Gasteiger partial charge < -0.3 is 0 Å². The largest absolute Gasteiger partial charge is 0.0779 e. The molecule has 1 unspecified atom stereocenters. The smallest absolute Gasteiger partial charge is 0.00588 e. The van der Waals surface area contributed by atoms with E-state index in [0.717, 1.165) is 6.42 Å². The van der Waals surface area contributed by atoms with Gasteiger partial charge in [-0.25, -0.2) is 0 Å². The van der Waals surface area contributed by atoms with E-state index in [1.54, 1.807) is 11.1 Å². The van der Waals surface area contributed by atoms with Gasteiger partial charge in [0.15, 0.2) is 0 Å². The maximum atomic E-state index is 2.42. The van der Waals surface area contributed by atoms with Crippen LogP contribution in [0.1, 0.15) is 60.4 Å². The van der Waals surface area contributed by atoms with Gasteiger partial charge in [0.25, 0.3) is 0 Å². The lowest BCUT2D eigenvalue weighted by atomic mass is 9.72. The van der Waals surface area contributed by atoms with Gasteiger partial charge >= 0.3 is 0 Å². The van der Waals surface area contributed by atoms with Gasteiger partial charge in [0.2, 0.25) is 0 Å². The normalized spacial score (nSPS) is 22.6. The Bertz CT molecular complexity index is 951. The lowest BCUT2D eigenvalue weighted by Crippen LogP contribution is -2.18. The van der Waals surface area contributed by atoms with Crippen molar-refractivity contribution in [3.63, 3.8) is 0 Å². The van der Waals surface area contributed by atoms with Crippen LogP contribution in [0.4, 0.5) is 0 Å². The maximum Gasteiger partial charge on any atom is 0.00588 e. The summed E-state index contributed by atoms with van der Waals surface area (Å²) in [7, 11) is 0. The van der Waals surface area contributed by atoms with Crippen molar-refractivity contribution in [1.82, 2.24) is 0 Å². The van der Waals surface area contributed by atoms with Crippen LogP contribution in [-0.2, 0) is 12.8 Å². The molecule has 0 saturated carbocycles. The molecule has 3 aliphatic carbocycles. The van der Waals surface area contributed by atoms with Crippen LogP contribution in [-0.4, -0.2) is 0 Å². The first-order valence-corrected chi connectivity index (χ1v) is 9.90. The summed E-state index contributed by atoms with van der Waals surface area (Å²) in [6, 6.07) is 15.7. The van der Waals surface area contributed by atoms with Gasteiger partial charge in [-0.3, -0.25) is 0 Å². The molecule has 3 aliphatic rings. The lowest BCUT2D eigenvalue weighted by Gasteiger charge is -2.32. The van der Waals surface area contributed by atoms with Gasteiger partial charge in [-0.1, -0.05) is 86.2 Å². The lowest BCUT2D eigenvalue weighted by molar-refractivity contribution is 0.474. The second kappa shape index (κ2) is 5.84. The molecule has 2 aromatic rings. The van der Waals surface area contributed by atoms with Crippen molar-refractivity contribution in [2.45, 2.75) is 45.4 Å². The van der Waals surface area contributed by atoms with Gasteiger partial charge in [-0.05, 0) is 64.5 Å². The summed E-state index contributed by atoms with van der Waals surface area (Å²) in [6.45, 7) is 4.67. The predicted octanol–water partition coefficient (Wildman–Crippen LogP) is 6.73. The van der Waals surface area contributed by atoms with E-state index >= 15 is 0 Å². The first kappa shape index (κ1) is 15.9. The SMILES string of the molecule is CC1(C)C=Cc2c(ccc3c2CCC2=C3C=CC(c3ccccc3)C2)C1. The first-order valence-electron chi connectivity index (χ1n) is 9.90. The number of rotatable bonds is 1. The summed E-state index contributed by atoms with van der Waals surface area (Å²) in [4.78, 5) is 0. The molecule has 0 heterocycles. The molecule has 0 aliphatic heterocycles. The molecule has 26 heavy (non-hydrogen) atoms. The summed E-state index contributed by atoms with van der Waals surface area (Å²) in [6.07, 6.45) is 14.4. The van der Waals surface area contributed by atoms with Crippen LogP contribution in [0.2, 0.25) is 0 Å². The van der Waals surface area contributed by atoms with E-state index in [0.29, 0.717) is 5.92 Å². The minimum absolute atomic E-state index is 0.286.